The molecule has 0 bridgehead atoms. The first kappa shape index (κ1) is 13.7. The predicted octanol–water partition coefficient (Wildman–Crippen LogP) is 0.335. The van der Waals surface area contributed by atoms with E-state index in [1.807, 2.05) is 6.07 Å². The number of carbonyl (C=O) groups excluding carboxylic acids is 1. The Bertz CT molecular complexity index is 595. The third-order valence-corrected chi connectivity index (χ3v) is 2.61. The van der Waals surface area contributed by atoms with Gasteiger partial charge in [-0.05, 0) is 12.1 Å². The molecule has 0 saturated carbocycles. The molecule has 1 amide bonds. The van der Waals surface area contributed by atoms with Crippen LogP contribution in [0.2, 0.25) is 0 Å². The zero-order chi connectivity index (χ0) is 14.4. The highest BCUT2D eigenvalue weighted by Crippen LogP contribution is 1.96. The van der Waals surface area contributed by atoms with E-state index in [0.29, 0.717) is 18.8 Å². The number of hydrogen-bond donors (Lipinski definition) is 2. The van der Waals surface area contributed by atoms with E-state index in [9.17, 15) is 9.59 Å². The second kappa shape index (κ2) is 6.46. The van der Waals surface area contributed by atoms with Crippen LogP contribution in [0.3, 0.4) is 0 Å². The molecule has 0 unspecified atom stereocenters. The van der Waals surface area contributed by atoms with Crippen LogP contribution in [0, 0.1) is 0 Å². The van der Waals surface area contributed by atoms with Crippen LogP contribution in [0.4, 0.5) is 0 Å². The molecule has 7 nitrogen and oxygen atoms in total. The summed E-state index contributed by atoms with van der Waals surface area (Å²) in [6.07, 6.45) is 4.72. The Labute approximate surface area is 115 Å². The van der Waals surface area contributed by atoms with Gasteiger partial charge in [-0.2, -0.15) is 0 Å². The van der Waals surface area contributed by atoms with Crippen molar-refractivity contribution < 1.29 is 14.7 Å². The highest BCUT2D eigenvalue weighted by molar-refractivity contribution is 5.84. The summed E-state index contributed by atoms with van der Waals surface area (Å²) in [5, 5.41) is 11.5. The minimum absolute atomic E-state index is 0.00943. The monoisotopic (exact) mass is 274 g/mol. The van der Waals surface area contributed by atoms with Gasteiger partial charge >= 0.3 is 5.97 Å². The molecule has 0 saturated heterocycles. The molecule has 2 aromatic rings. The normalized spacial score (nSPS) is 10.2. The molecule has 104 valence electrons. The highest BCUT2D eigenvalue weighted by Gasteiger charge is 2.07. The van der Waals surface area contributed by atoms with E-state index in [0.717, 1.165) is 0 Å². The van der Waals surface area contributed by atoms with Crippen LogP contribution >= 0.6 is 0 Å². The van der Waals surface area contributed by atoms with Crippen molar-refractivity contribution in [1.29, 1.82) is 0 Å². The molecular weight excluding hydrogens is 260 g/mol. The van der Waals surface area contributed by atoms with Crippen LogP contribution in [-0.4, -0.2) is 38.1 Å². The van der Waals surface area contributed by atoms with E-state index in [1.54, 1.807) is 22.9 Å². The first-order valence-electron chi connectivity index (χ1n) is 6.07. The number of carboxylic acids is 1. The number of amides is 1. The van der Waals surface area contributed by atoms with Crippen molar-refractivity contribution in [2.45, 2.75) is 13.0 Å². The van der Waals surface area contributed by atoms with Crippen LogP contribution in [0.25, 0.3) is 0 Å². The summed E-state index contributed by atoms with van der Waals surface area (Å²) in [6, 6.07) is 5.41. The summed E-state index contributed by atoms with van der Waals surface area (Å²) in [4.78, 5) is 30.1. The van der Waals surface area contributed by atoms with Crippen LogP contribution in [0.15, 0.2) is 36.9 Å². The lowest BCUT2D eigenvalue weighted by Gasteiger charge is -2.05. The Morgan fingerprint density at radius 3 is 2.80 bits per heavy atom. The molecule has 0 atom stereocenters. The summed E-state index contributed by atoms with van der Waals surface area (Å²) < 4.78 is 1.62. The van der Waals surface area contributed by atoms with Gasteiger partial charge in [0.2, 0.25) is 5.91 Å². The third kappa shape index (κ3) is 3.91. The van der Waals surface area contributed by atoms with Crippen molar-refractivity contribution in [3.63, 3.8) is 0 Å². The molecule has 2 aromatic heterocycles. The maximum atomic E-state index is 11.6. The quantitative estimate of drug-likeness (QED) is 0.791. The van der Waals surface area contributed by atoms with Gasteiger partial charge in [-0.25, -0.2) is 9.78 Å². The Morgan fingerprint density at radius 2 is 2.15 bits per heavy atom. The highest BCUT2D eigenvalue weighted by atomic mass is 16.4. The zero-order valence-electron chi connectivity index (χ0n) is 10.7. The molecule has 0 aliphatic rings. The van der Waals surface area contributed by atoms with Crippen molar-refractivity contribution in [2.24, 2.45) is 0 Å². The van der Waals surface area contributed by atoms with E-state index in [2.05, 4.69) is 15.3 Å². The number of pyridine rings is 1. The molecule has 2 rings (SSSR count). The number of aromatic carboxylic acids is 1. The van der Waals surface area contributed by atoms with E-state index < -0.39 is 5.97 Å². The van der Waals surface area contributed by atoms with Crippen molar-refractivity contribution in [2.75, 3.05) is 6.54 Å². The van der Waals surface area contributed by atoms with E-state index in [1.165, 1.54) is 12.5 Å². The van der Waals surface area contributed by atoms with Crippen molar-refractivity contribution in [3.05, 3.63) is 48.3 Å². The van der Waals surface area contributed by atoms with E-state index in [4.69, 9.17) is 5.11 Å². The fourth-order valence-electron chi connectivity index (χ4n) is 1.65. The largest absolute Gasteiger partial charge is 0.476 e. The van der Waals surface area contributed by atoms with Crippen molar-refractivity contribution >= 4 is 11.9 Å². The van der Waals surface area contributed by atoms with Gasteiger partial charge in [-0.1, -0.05) is 6.07 Å². The smallest absolute Gasteiger partial charge is 0.356 e. The Kier molecular flexibility index (Phi) is 4.43. The number of nitrogens with one attached hydrogen (secondary N) is 1. The molecule has 2 heterocycles. The van der Waals surface area contributed by atoms with Crippen LogP contribution in [-0.2, 0) is 17.8 Å². The van der Waals surface area contributed by atoms with Crippen LogP contribution in [0.1, 0.15) is 16.2 Å². The lowest BCUT2D eigenvalue weighted by atomic mass is 10.2. The van der Waals surface area contributed by atoms with Gasteiger partial charge < -0.3 is 15.0 Å². The summed E-state index contributed by atoms with van der Waals surface area (Å²) in [6.45, 7) is 0.870. The molecule has 20 heavy (non-hydrogen) atoms. The topological polar surface area (TPSA) is 97.1 Å². The van der Waals surface area contributed by atoms with Gasteiger partial charge in [0.15, 0.2) is 5.69 Å². The van der Waals surface area contributed by atoms with E-state index >= 15 is 0 Å². The van der Waals surface area contributed by atoms with Crippen LogP contribution < -0.4 is 5.32 Å². The number of nitrogens with zero attached hydrogens (tertiary/aromatic N) is 3. The van der Waals surface area contributed by atoms with Gasteiger partial charge in [-0.3, -0.25) is 9.78 Å². The number of carboxylic acid groups (broad SMARTS) is 1. The first-order valence-corrected chi connectivity index (χ1v) is 6.07. The molecular formula is C13H14N4O3. The maximum absolute atomic E-state index is 11.6. The molecule has 2 N–H and O–H groups in total. The van der Waals surface area contributed by atoms with Gasteiger partial charge in [0.05, 0.1) is 12.7 Å². The lowest BCUT2D eigenvalue weighted by molar-refractivity contribution is -0.120. The van der Waals surface area contributed by atoms with Gasteiger partial charge in [0, 0.05) is 31.2 Å². The number of aromatic nitrogens is 3. The average molecular weight is 274 g/mol. The standard InChI is InChI=1S/C13H14N4O3/c18-12(7-10-3-1-2-4-14-10)15-5-6-17-8-11(13(19)20)16-9-17/h1-4,8-9H,5-7H2,(H,15,18)(H,19,20). The lowest BCUT2D eigenvalue weighted by Crippen LogP contribution is -2.28. The average Bonchev–Trinajstić information content (AvgIpc) is 2.89. The fourth-order valence-corrected chi connectivity index (χ4v) is 1.65. The molecule has 0 aliphatic carbocycles. The Balaban J connectivity index is 1.75. The Morgan fingerprint density at radius 1 is 1.30 bits per heavy atom. The SMILES string of the molecule is O=C(Cc1ccccn1)NCCn1cnc(C(=O)O)c1. The number of hydrogen-bond acceptors (Lipinski definition) is 4. The number of imidazole rings is 1. The molecule has 0 radical (unpaired) electrons. The molecule has 0 aromatic carbocycles. The summed E-state index contributed by atoms with van der Waals surface area (Å²) >= 11 is 0. The summed E-state index contributed by atoms with van der Waals surface area (Å²) in [7, 11) is 0. The minimum atomic E-state index is -1.07. The second-order valence-corrected chi connectivity index (χ2v) is 4.15. The second-order valence-electron chi connectivity index (χ2n) is 4.15. The number of rotatable bonds is 6. The van der Waals surface area contributed by atoms with Gasteiger partial charge in [0.1, 0.15) is 0 Å². The van der Waals surface area contributed by atoms with Gasteiger partial charge in [0.25, 0.3) is 0 Å². The summed E-state index contributed by atoms with van der Waals surface area (Å²) in [5.74, 6) is -1.19. The fraction of sp³-hybridized carbons (Fsp3) is 0.231. The minimum Gasteiger partial charge on any atom is -0.476 e. The molecule has 0 aliphatic heterocycles. The van der Waals surface area contributed by atoms with Crippen LogP contribution in [0.5, 0.6) is 0 Å². The van der Waals surface area contributed by atoms with Crippen molar-refractivity contribution in [1.82, 2.24) is 19.9 Å². The van der Waals surface area contributed by atoms with Gasteiger partial charge in [-0.15, -0.1) is 0 Å². The molecule has 0 spiro atoms. The van der Waals surface area contributed by atoms with Crippen molar-refractivity contribution in [3.8, 4) is 0 Å². The summed E-state index contributed by atoms with van der Waals surface area (Å²) in [5.41, 5.74) is 0.700. The molecule has 0 fully saturated rings. The molecule has 7 heteroatoms. The Hall–Kier alpha value is -2.70. The number of carbonyl (C=O) groups is 2. The zero-order valence-corrected chi connectivity index (χ0v) is 10.7. The maximum Gasteiger partial charge on any atom is 0.356 e. The van der Waals surface area contributed by atoms with E-state index in [-0.39, 0.29) is 18.0 Å². The predicted molar refractivity (Wildman–Crippen MR) is 70.1 cm³/mol. The third-order valence-electron chi connectivity index (χ3n) is 2.61. The first-order chi connectivity index (χ1) is 9.65.